The number of carbonyl (C=O) groups excluding carboxylic acids is 1. The van der Waals surface area contributed by atoms with Crippen LogP contribution in [0.3, 0.4) is 0 Å². The highest BCUT2D eigenvalue weighted by atomic mass is 79.9. The minimum atomic E-state index is -0.0723. The molecule has 19 heavy (non-hydrogen) atoms. The number of hydrogen-bond donors (Lipinski definition) is 1. The molecule has 0 bridgehead atoms. The maximum absolute atomic E-state index is 12.0. The summed E-state index contributed by atoms with van der Waals surface area (Å²) in [7, 11) is 0. The van der Waals surface area contributed by atoms with Gasteiger partial charge in [-0.1, -0.05) is 22.0 Å². The maximum Gasteiger partial charge on any atom is 0.251 e. The molecule has 0 radical (unpaired) electrons. The van der Waals surface area contributed by atoms with Gasteiger partial charge in [0.2, 0.25) is 0 Å². The number of pyridine rings is 1. The summed E-state index contributed by atoms with van der Waals surface area (Å²) < 4.78 is 0.945. The Balaban J connectivity index is 2.05. The van der Waals surface area contributed by atoms with Crippen LogP contribution in [-0.4, -0.2) is 10.9 Å². The number of nitrogens with one attached hydrogen (secondary N) is 1. The molecule has 1 aromatic carbocycles. The lowest BCUT2D eigenvalue weighted by Gasteiger charge is -2.08. The molecule has 0 atom stereocenters. The van der Waals surface area contributed by atoms with E-state index in [1.165, 1.54) is 0 Å². The van der Waals surface area contributed by atoms with Gasteiger partial charge in [-0.15, -0.1) is 0 Å². The van der Waals surface area contributed by atoms with Crippen LogP contribution in [0.5, 0.6) is 0 Å². The quantitative estimate of drug-likeness (QED) is 0.942. The van der Waals surface area contributed by atoms with Crippen molar-refractivity contribution in [3.05, 3.63) is 63.4 Å². The van der Waals surface area contributed by atoms with E-state index in [-0.39, 0.29) is 5.91 Å². The highest BCUT2D eigenvalue weighted by Crippen LogP contribution is 2.17. The Labute approximate surface area is 121 Å². The van der Waals surface area contributed by atoms with Gasteiger partial charge in [0.25, 0.3) is 5.91 Å². The number of amides is 1. The lowest BCUT2D eigenvalue weighted by atomic mass is 10.1. The fourth-order valence-electron chi connectivity index (χ4n) is 1.71. The maximum atomic E-state index is 12.0. The summed E-state index contributed by atoms with van der Waals surface area (Å²) in [5, 5.41) is 2.92. The SMILES string of the molecule is Cc1ccc(C(=O)NCc2ccncc2C)cc1Br. The largest absolute Gasteiger partial charge is 0.348 e. The van der Waals surface area contributed by atoms with Crippen LogP contribution in [0, 0.1) is 13.8 Å². The zero-order valence-corrected chi connectivity index (χ0v) is 12.5. The number of aromatic nitrogens is 1. The summed E-state index contributed by atoms with van der Waals surface area (Å²) in [5.41, 5.74) is 3.92. The molecule has 0 unspecified atom stereocenters. The van der Waals surface area contributed by atoms with Crippen molar-refractivity contribution in [1.82, 2.24) is 10.3 Å². The van der Waals surface area contributed by atoms with Crippen LogP contribution < -0.4 is 5.32 Å². The second-order valence-electron chi connectivity index (χ2n) is 4.45. The molecule has 4 heteroatoms. The third kappa shape index (κ3) is 3.41. The van der Waals surface area contributed by atoms with Crippen molar-refractivity contribution in [2.24, 2.45) is 0 Å². The minimum Gasteiger partial charge on any atom is -0.348 e. The summed E-state index contributed by atoms with van der Waals surface area (Å²) in [6.07, 6.45) is 3.53. The lowest BCUT2D eigenvalue weighted by Crippen LogP contribution is -2.23. The smallest absolute Gasteiger partial charge is 0.251 e. The van der Waals surface area contributed by atoms with Crippen molar-refractivity contribution in [3.8, 4) is 0 Å². The van der Waals surface area contributed by atoms with E-state index in [1.54, 1.807) is 12.4 Å². The molecule has 2 rings (SSSR count). The first kappa shape index (κ1) is 13.7. The molecule has 0 aliphatic rings. The predicted octanol–water partition coefficient (Wildman–Crippen LogP) is 3.39. The van der Waals surface area contributed by atoms with Crippen LogP contribution >= 0.6 is 15.9 Å². The Morgan fingerprint density at radius 2 is 2.05 bits per heavy atom. The van der Waals surface area contributed by atoms with Crippen LogP contribution in [-0.2, 0) is 6.54 Å². The Bertz CT molecular complexity index is 611. The summed E-state index contributed by atoms with van der Waals surface area (Å²) >= 11 is 3.43. The molecular weight excluding hydrogens is 304 g/mol. The van der Waals surface area contributed by atoms with E-state index >= 15 is 0 Å². The molecule has 0 aliphatic carbocycles. The van der Waals surface area contributed by atoms with Gasteiger partial charge in [0.05, 0.1) is 0 Å². The van der Waals surface area contributed by atoms with Crippen molar-refractivity contribution < 1.29 is 4.79 Å². The van der Waals surface area contributed by atoms with Crippen molar-refractivity contribution in [3.63, 3.8) is 0 Å². The first-order valence-electron chi connectivity index (χ1n) is 6.02. The predicted molar refractivity (Wildman–Crippen MR) is 79.0 cm³/mol. The Hall–Kier alpha value is -1.68. The Morgan fingerprint density at radius 1 is 1.26 bits per heavy atom. The number of nitrogens with zero attached hydrogens (tertiary/aromatic N) is 1. The number of carbonyl (C=O) groups is 1. The van der Waals surface area contributed by atoms with Gasteiger partial charge in [0.15, 0.2) is 0 Å². The summed E-state index contributed by atoms with van der Waals surface area (Å²) in [5.74, 6) is -0.0723. The number of rotatable bonds is 3. The van der Waals surface area contributed by atoms with E-state index in [0.29, 0.717) is 12.1 Å². The fourth-order valence-corrected chi connectivity index (χ4v) is 2.09. The van der Waals surface area contributed by atoms with Crippen molar-refractivity contribution >= 4 is 21.8 Å². The molecule has 0 spiro atoms. The molecule has 1 heterocycles. The molecular formula is C15H15BrN2O. The number of benzene rings is 1. The number of aryl methyl sites for hydroxylation is 2. The standard InChI is InChI=1S/C15H15BrN2O/c1-10-3-4-12(7-14(10)16)15(19)18-9-13-5-6-17-8-11(13)2/h3-8H,9H2,1-2H3,(H,18,19). The molecule has 2 aromatic rings. The second-order valence-corrected chi connectivity index (χ2v) is 5.30. The molecule has 0 saturated heterocycles. The first-order chi connectivity index (χ1) is 9.08. The van der Waals surface area contributed by atoms with Crippen molar-refractivity contribution in [2.75, 3.05) is 0 Å². The third-order valence-electron chi connectivity index (χ3n) is 3.01. The Morgan fingerprint density at radius 3 is 2.74 bits per heavy atom. The van der Waals surface area contributed by atoms with Gasteiger partial charge in [-0.05, 0) is 48.7 Å². The highest BCUT2D eigenvalue weighted by molar-refractivity contribution is 9.10. The van der Waals surface area contributed by atoms with Gasteiger partial charge < -0.3 is 5.32 Å². The molecule has 3 nitrogen and oxygen atoms in total. The molecule has 0 saturated carbocycles. The highest BCUT2D eigenvalue weighted by Gasteiger charge is 2.07. The van der Waals surface area contributed by atoms with Crippen molar-refractivity contribution in [2.45, 2.75) is 20.4 Å². The topological polar surface area (TPSA) is 42.0 Å². The van der Waals surface area contributed by atoms with Crippen LogP contribution in [0.15, 0.2) is 41.1 Å². The molecule has 1 N–H and O–H groups in total. The van der Waals surface area contributed by atoms with Gasteiger partial charge >= 0.3 is 0 Å². The zero-order chi connectivity index (χ0) is 13.8. The van der Waals surface area contributed by atoms with Crippen LogP contribution in [0.4, 0.5) is 0 Å². The molecule has 0 aliphatic heterocycles. The molecule has 1 amide bonds. The van der Waals surface area contributed by atoms with Crippen molar-refractivity contribution in [1.29, 1.82) is 0 Å². The fraction of sp³-hybridized carbons (Fsp3) is 0.200. The molecule has 1 aromatic heterocycles. The molecule has 0 fully saturated rings. The van der Waals surface area contributed by atoms with Gasteiger partial charge in [0, 0.05) is 29.0 Å². The van der Waals surface area contributed by atoms with Gasteiger partial charge in [-0.2, -0.15) is 0 Å². The molecule has 98 valence electrons. The van der Waals surface area contributed by atoms with E-state index in [9.17, 15) is 4.79 Å². The van der Waals surface area contributed by atoms with Crippen LogP contribution in [0.2, 0.25) is 0 Å². The van der Waals surface area contributed by atoms with Crippen LogP contribution in [0.1, 0.15) is 27.0 Å². The lowest BCUT2D eigenvalue weighted by molar-refractivity contribution is 0.0951. The van der Waals surface area contributed by atoms with Crippen LogP contribution in [0.25, 0.3) is 0 Å². The third-order valence-corrected chi connectivity index (χ3v) is 3.86. The summed E-state index contributed by atoms with van der Waals surface area (Å²) in [6.45, 7) is 4.49. The van der Waals surface area contributed by atoms with Gasteiger partial charge in [-0.25, -0.2) is 0 Å². The Kier molecular flexibility index (Phi) is 4.32. The van der Waals surface area contributed by atoms with E-state index in [0.717, 1.165) is 21.2 Å². The van der Waals surface area contributed by atoms with Gasteiger partial charge in [0.1, 0.15) is 0 Å². The monoisotopic (exact) mass is 318 g/mol. The zero-order valence-electron chi connectivity index (χ0n) is 10.9. The summed E-state index contributed by atoms with van der Waals surface area (Å²) in [4.78, 5) is 16.1. The van der Waals surface area contributed by atoms with E-state index < -0.39 is 0 Å². The average molecular weight is 319 g/mol. The second kappa shape index (κ2) is 5.97. The number of hydrogen-bond acceptors (Lipinski definition) is 2. The average Bonchev–Trinajstić information content (AvgIpc) is 2.40. The summed E-state index contributed by atoms with van der Waals surface area (Å²) in [6, 6.07) is 7.51. The van der Waals surface area contributed by atoms with E-state index in [4.69, 9.17) is 0 Å². The minimum absolute atomic E-state index is 0.0723. The number of halogens is 1. The van der Waals surface area contributed by atoms with Gasteiger partial charge in [-0.3, -0.25) is 9.78 Å². The van der Waals surface area contributed by atoms with E-state index in [1.807, 2.05) is 38.1 Å². The van der Waals surface area contributed by atoms with E-state index in [2.05, 4.69) is 26.2 Å². The first-order valence-corrected chi connectivity index (χ1v) is 6.81. The normalized spacial score (nSPS) is 10.3.